The summed E-state index contributed by atoms with van der Waals surface area (Å²) in [6.07, 6.45) is -1.23. The van der Waals surface area contributed by atoms with Gasteiger partial charge in [-0.05, 0) is 41.5 Å². The second-order valence-corrected chi connectivity index (χ2v) is 7.19. The van der Waals surface area contributed by atoms with E-state index in [0.717, 1.165) is 6.20 Å². The van der Waals surface area contributed by atoms with Crippen molar-refractivity contribution >= 4 is 30.3 Å². The van der Waals surface area contributed by atoms with E-state index in [4.69, 9.17) is 9.47 Å². The molecule has 0 bridgehead atoms. The quantitative estimate of drug-likeness (QED) is 0.799. The number of aldehydes is 1. The van der Waals surface area contributed by atoms with E-state index >= 15 is 0 Å². The van der Waals surface area contributed by atoms with Crippen LogP contribution < -0.4 is 4.90 Å². The first-order chi connectivity index (χ1) is 11.7. The van der Waals surface area contributed by atoms with Gasteiger partial charge in [-0.2, -0.15) is 4.90 Å². The molecular formula is C16H21N3O7. The van der Waals surface area contributed by atoms with Gasteiger partial charge in [0.05, 0.1) is 6.20 Å². The van der Waals surface area contributed by atoms with Crippen molar-refractivity contribution in [2.45, 2.75) is 52.7 Å². The Kier molecular flexibility index (Phi) is 6.03. The number of ether oxygens (including phenoxy) is 2. The molecule has 1 aromatic rings. The highest BCUT2D eigenvalue weighted by molar-refractivity contribution is 6.11. The third-order valence-corrected chi connectivity index (χ3v) is 2.46. The van der Waals surface area contributed by atoms with E-state index < -0.39 is 40.9 Å². The van der Waals surface area contributed by atoms with Crippen molar-refractivity contribution < 1.29 is 33.8 Å². The summed E-state index contributed by atoms with van der Waals surface area (Å²) in [6.45, 7) is 9.36. The van der Waals surface area contributed by atoms with Crippen LogP contribution in [0.25, 0.3) is 0 Å². The number of hydrogen-bond acceptors (Lipinski definition) is 8. The molecule has 142 valence electrons. The SMILES string of the molecule is CC(C)(C)OC(=O)N(C(=O)OC(C)(C)C)c1nc(C=O)cnc1C(=O)O. The minimum absolute atomic E-state index is 0.276. The Balaban J connectivity index is 3.54. The van der Waals surface area contributed by atoms with Crippen LogP contribution in [0.5, 0.6) is 0 Å². The van der Waals surface area contributed by atoms with Crippen LogP contribution in [-0.4, -0.2) is 50.7 Å². The van der Waals surface area contributed by atoms with Crippen LogP contribution in [0.4, 0.5) is 15.4 Å². The van der Waals surface area contributed by atoms with Gasteiger partial charge < -0.3 is 14.6 Å². The highest BCUT2D eigenvalue weighted by Gasteiger charge is 2.37. The zero-order valence-electron chi connectivity index (χ0n) is 15.4. The number of rotatable bonds is 3. The Morgan fingerprint density at radius 3 is 1.85 bits per heavy atom. The zero-order valence-corrected chi connectivity index (χ0v) is 15.4. The molecule has 0 unspecified atom stereocenters. The lowest BCUT2D eigenvalue weighted by atomic mass is 10.2. The lowest BCUT2D eigenvalue weighted by Gasteiger charge is -2.28. The molecule has 0 radical (unpaired) electrons. The largest absolute Gasteiger partial charge is 0.476 e. The predicted octanol–water partition coefficient (Wildman–Crippen LogP) is 2.66. The average Bonchev–Trinajstić information content (AvgIpc) is 2.43. The normalized spacial score (nSPS) is 11.5. The first kappa shape index (κ1) is 21.0. The Morgan fingerprint density at radius 2 is 1.50 bits per heavy atom. The molecule has 0 aliphatic heterocycles. The molecular weight excluding hydrogens is 346 g/mol. The lowest BCUT2D eigenvalue weighted by molar-refractivity contribution is 0.0428. The van der Waals surface area contributed by atoms with E-state index in [1.165, 1.54) is 0 Å². The number of amides is 2. The number of carboxylic acid groups (broad SMARTS) is 1. The Morgan fingerprint density at radius 1 is 1.04 bits per heavy atom. The Bertz CT molecular complexity index is 704. The smallest absolute Gasteiger partial charge is 0.425 e. The first-order valence-corrected chi connectivity index (χ1v) is 7.57. The van der Waals surface area contributed by atoms with Gasteiger partial charge in [-0.15, -0.1) is 0 Å². The second kappa shape index (κ2) is 7.46. The Labute approximate surface area is 150 Å². The van der Waals surface area contributed by atoms with Crippen LogP contribution in [0.2, 0.25) is 0 Å². The van der Waals surface area contributed by atoms with Gasteiger partial charge in [-0.25, -0.2) is 24.4 Å². The lowest BCUT2D eigenvalue weighted by Crippen LogP contribution is -2.45. The molecule has 2 amide bonds. The van der Waals surface area contributed by atoms with Crippen LogP contribution in [0.3, 0.4) is 0 Å². The summed E-state index contributed by atoms with van der Waals surface area (Å²) in [4.78, 5) is 55.0. The number of nitrogens with zero attached hydrogens (tertiary/aromatic N) is 3. The van der Waals surface area contributed by atoms with Gasteiger partial charge in [-0.1, -0.05) is 0 Å². The molecule has 10 nitrogen and oxygen atoms in total. The van der Waals surface area contributed by atoms with Gasteiger partial charge in [-0.3, -0.25) is 4.79 Å². The summed E-state index contributed by atoms with van der Waals surface area (Å²) in [5, 5.41) is 9.29. The van der Waals surface area contributed by atoms with Crippen molar-refractivity contribution in [3.8, 4) is 0 Å². The van der Waals surface area contributed by atoms with Gasteiger partial charge in [0.1, 0.15) is 16.9 Å². The summed E-state index contributed by atoms with van der Waals surface area (Å²) in [6, 6.07) is 0. The molecule has 1 heterocycles. The summed E-state index contributed by atoms with van der Waals surface area (Å²) < 4.78 is 10.3. The van der Waals surface area contributed by atoms with E-state index in [-0.39, 0.29) is 5.69 Å². The van der Waals surface area contributed by atoms with Crippen LogP contribution in [0, 0.1) is 0 Å². The average molecular weight is 367 g/mol. The third-order valence-electron chi connectivity index (χ3n) is 2.46. The van der Waals surface area contributed by atoms with Crippen molar-refractivity contribution in [2.75, 3.05) is 4.90 Å². The molecule has 10 heteroatoms. The zero-order chi connectivity index (χ0) is 20.3. The fourth-order valence-electron chi connectivity index (χ4n) is 1.62. The van der Waals surface area contributed by atoms with Gasteiger partial charge in [0, 0.05) is 0 Å². The molecule has 1 rings (SSSR count). The third kappa shape index (κ3) is 5.80. The molecule has 0 aliphatic carbocycles. The molecule has 1 N–H and O–H groups in total. The number of imide groups is 1. The fourth-order valence-corrected chi connectivity index (χ4v) is 1.62. The predicted molar refractivity (Wildman–Crippen MR) is 89.3 cm³/mol. The number of aromatic carboxylic acids is 1. The van der Waals surface area contributed by atoms with Crippen LogP contribution >= 0.6 is 0 Å². The highest BCUT2D eigenvalue weighted by Crippen LogP contribution is 2.23. The molecule has 0 saturated carbocycles. The maximum absolute atomic E-state index is 12.5. The minimum atomic E-state index is -1.55. The van der Waals surface area contributed by atoms with Gasteiger partial charge in [0.15, 0.2) is 17.8 Å². The van der Waals surface area contributed by atoms with Crippen molar-refractivity contribution in [3.63, 3.8) is 0 Å². The molecule has 0 saturated heterocycles. The molecule has 0 aromatic carbocycles. The Hall–Kier alpha value is -3.04. The molecule has 0 atom stereocenters. The van der Waals surface area contributed by atoms with Crippen molar-refractivity contribution in [1.29, 1.82) is 0 Å². The summed E-state index contributed by atoms with van der Waals surface area (Å²) in [5.74, 6) is -2.23. The number of carboxylic acids is 1. The van der Waals surface area contributed by atoms with Gasteiger partial charge >= 0.3 is 18.2 Å². The number of anilines is 1. The standard InChI is InChI=1S/C16H21N3O7/c1-15(2,3)25-13(23)19(14(24)26-16(4,5)6)11-10(12(21)22)17-7-9(8-20)18-11/h7-8H,1-6H3,(H,21,22). The molecule has 0 spiro atoms. The van der Waals surface area contributed by atoms with Crippen LogP contribution in [0.1, 0.15) is 62.5 Å². The summed E-state index contributed by atoms with van der Waals surface area (Å²) in [7, 11) is 0. The molecule has 0 fully saturated rings. The van der Waals surface area contributed by atoms with Crippen molar-refractivity contribution in [3.05, 3.63) is 17.6 Å². The van der Waals surface area contributed by atoms with E-state index in [0.29, 0.717) is 11.2 Å². The van der Waals surface area contributed by atoms with Gasteiger partial charge in [0.2, 0.25) is 0 Å². The van der Waals surface area contributed by atoms with Crippen molar-refractivity contribution in [2.24, 2.45) is 0 Å². The first-order valence-electron chi connectivity index (χ1n) is 7.57. The molecule has 1 aromatic heterocycles. The van der Waals surface area contributed by atoms with E-state index in [1.54, 1.807) is 41.5 Å². The fraction of sp³-hybridized carbons (Fsp3) is 0.500. The van der Waals surface area contributed by atoms with Crippen LogP contribution in [-0.2, 0) is 9.47 Å². The molecule has 0 aliphatic rings. The second-order valence-electron chi connectivity index (χ2n) is 7.19. The van der Waals surface area contributed by atoms with E-state index in [1.807, 2.05) is 0 Å². The highest BCUT2D eigenvalue weighted by atomic mass is 16.6. The maximum atomic E-state index is 12.5. The number of hydrogen-bond donors (Lipinski definition) is 1. The summed E-state index contributed by atoms with van der Waals surface area (Å²) in [5.41, 5.74) is -2.97. The number of aromatic nitrogens is 2. The topological polar surface area (TPSA) is 136 Å². The summed E-state index contributed by atoms with van der Waals surface area (Å²) >= 11 is 0. The van der Waals surface area contributed by atoms with Crippen LogP contribution in [0.15, 0.2) is 6.20 Å². The monoisotopic (exact) mass is 367 g/mol. The van der Waals surface area contributed by atoms with E-state index in [2.05, 4.69) is 9.97 Å². The number of carbonyl (C=O) groups is 4. The molecule has 26 heavy (non-hydrogen) atoms. The van der Waals surface area contributed by atoms with Gasteiger partial charge in [0.25, 0.3) is 0 Å². The minimum Gasteiger partial charge on any atom is -0.476 e. The number of carbonyl (C=O) groups excluding carboxylic acids is 3. The maximum Gasteiger partial charge on any atom is 0.425 e. The van der Waals surface area contributed by atoms with Crippen molar-refractivity contribution in [1.82, 2.24) is 9.97 Å². The van der Waals surface area contributed by atoms with E-state index in [9.17, 15) is 24.3 Å².